The molecule has 1 heterocycles. The minimum Gasteiger partial charge on any atom is -0.496 e. The van der Waals surface area contributed by atoms with Crippen LogP contribution in [0.4, 0.5) is 0 Å². The van der Waals surface area contributed by atoms with Gasteiger partial charge < -0.3 is 9.30 Å². The maximum atomic E-state index is 12.3. The molecule has 0 bridgehead atoms. The third-order valence-corrected chi connectivity index (χ3v) is 4.26. The molecule has 0 fully saturated rings. The summed E-state index contributed by atoms with van der Waals surface area (Å²) >= 11 is 0. The molecular formula is C21H22N4O2. The number of nitrogens with one attached hydrogen (secondary N) is 1. The van der Waals surface area contributed by atoms with E-state index in [0.717, 1.165) is 34.7 Å². The zero-order valence-electron chi connectivity index (χ0n) is 15.6. The van der Waals surface area contributed by atoms with Crippen LogP contribution in [-0.2, 0) is 6.54 Å². The smallest absolute Gasteiger partial charge is 0.271 e. The minimum atomic E-state index is -0.275. The van der Waals surface area contributed by atoms with Gasteiger partial charge >= 0.3 is 0 Å². The van der Waals surface area contributed by atoms with Crippen LogP contribution >= 0.6 is 0 Å². The average Bonchev–Trinajstić information content (AvgIpc) is 3.01. The molecule has 6 nitrogen and oxygen atoms in total. The number of benzene rings is 2. The molecular weight excluding hydrogens is 340 g/mol. The Balaban J connectivity index is 1.66. The first-order valence-electron chi connectivity index (χ1n) is 8.74. The summed E-state index contributed by atoms with van der Waals surface area (Å²) in [6.45, 7) is 4.88. The van der Waals surface area contributed by atoms with Gasteiger partial charge in [-0.3, -0.25) is 4.79 Å². The monoisotopic (exact) mass is 362 g/mol. The van der Waals surface area contributed by atoms with E-state index in [1.807, 2.05) is 43.3 Å². The van der Waals surface area contributed by atoms with Crippen molar-refractivity contribution in [1.82, 2.24) is 15.0 Å². The second kappa shape index (κ2) is 8.31. The summed E-state index contributed by atoms with van der Waals surface area (Å²) in [4.78, 5) is 16.8. The van der Waals surface area contributed by atoms with Crippen molar-refractivity contribution in [3.63, 3.8) is 0 Å². The highest BCUT2D eigenvalue weighted by Gasteiger charge is 2.10. The molecule has 27 heavy (non-hydrogen) atoms. The number of allylic oxidation sites excluding steroid dienone is 1. The molecule has 0 saturated carbocycles. The lowest BCUT2D eigenvalue weighted by atomic mass is 10.2. The number of carbonyl (C=O) groups excluding carboxylic acids is 1. The summed E-state index contributed by atoms with van der Waals surface area (Å²) in [7, 11) is 1.63. The number of methoxy groups -OCH3 is 1. The van der Waals surface area contributed by atoms with Crippen molar-refractivity contribution in [2.75, 3.05) is 7.11 Å². The number of ether oxygens (including phenoxy) is 1. The zero-order valence-corrected chi connectivity index (χ0v) is 15.6. The molecule has 1 aromatic heterocycles. The number of hydrazone groups is 1. The molecule has 1 N–H and O–H groups in total. The largest absolute Gasteiger partial charge is 0.496 e. The number of amides is 1. The number of aromatic nitrogens is 2. The molecule has 0 aliphatic rings. The fraction of sp³-hybridized carbons (Fsp3) is 0.190. The molecule has 0 atom stereocenters. The van der Waals surface area contributed by atoms with Gasteiger partial charge in [0.2, 0.25) is 0 Å². The lowest BCUT2D eigenvalue weighted by Gasteiger charge is -2.03. The van der Waals surface area contributed by atoms with E-state index in [9.17, 15) is 4.79 Å². The Morgan fingerprint density at radius 1 is 1.30 bits per heavy atom. The number of rotatable bonds is 6. The maximum absolute atomic E-state index is 12.3. The lowest BCUT2D eigenvalue weighted by Crippen LogP contribution is -2.17. The summed E-state index contributed by atoms with van der Waals surface area (Å²) in [6.07, 6.45) is 5.13. The Morgan fingerprint density at radius 3 is 2.89 bits per heavy atom. The minimum absolute atomic E-state index is 0.275. The van der Waals surface area contributed by atoms with Crippen LogP contribution in [0.25, 0.3) is 17.1 Å². The van der Waals surface area contributed by atoms with Gasteiger partial charge in [-0.2, -0.15) is 5.10 Å². The Kier molecular flexibility index (Phi) is 5.66. The van der Waals surface area contributed by atoms with Gasteiger partial charge in [0.25, 0.3) is 5.91 Å². The normalized spacial score (nSPS) is 11.5. The fourth-order valence-electron chi connectivity index (χ4n) is 2.94. The van der Waals surface area contributed by atoms with E-state index in [2.05, 4.69) is 27.0 Å². The third kappa shape index (κ3) is 4.06. The van der Waals surface area contributed by atoms with E-state index in [1.165, 1.54) is 6.21 Å². The zero-order chi connectivity index (χ0) is 19.2. The molecule has 0 saturated heterocycles. The van der Waals surface area contributed by atoms with Crippen LogP contribution in [0.1, 0.15) is 28.7 Å². The number of hydrogen-bond donors (Lipinski definition) is 1. The van der Waals surface area contributed by atoms with E-state index in [4.69, 9.17) is 4.74 Å². The van der Waals surface area contributed by atoms with Crippen molar-refractivity contribution in [1.29, 1.82) is 0 Å². The highest BCUT2D eigenvalue weighted by Crippen LogP contribution is 2.19. The lowest BCUT2D eigenvalue weighted by molar-refractivity contribution is 0.0955. The first-order valence-corrected chi connectivity index (χ1v) is 8.74. The summed E-state index contributed by atoms with van der Waals surface area (Å²) < 4.78 is 7.39. The summed E-state index contributed by atoms with van der Waals surface area (Å²) in [6, 6.07) is 13.1. The van der Waals surface area contributed by atoms with E-state index in [-0.39, 0.29) is 5.91 Å². The summed E-state index contributed by atoms with van der Waals surface area (Å²) in [5.41, 5.74) is 5.82. The molecule has 3 rings (SSSR count). The molecule has 0 aliphatic carbocycles. The third-order valence-electron chi connectivity index (χ3n) is 4.26. The molecule has 2 aromatic carbocycles. The van der Waals surface area contributed by atoms with Gasteiger partial charge in [-0.1, -0.05) is 18.2 Å². The maximum Gasteiger partial charge on any atom is 0.271 e. The Morgan fingerprint density at radius 2 is 2.11 bits per heavy atom. The van der Waals surface area contributed by atoms with Crippen LogP contribution < -0.4 is 10.2 Å². The standard InChI is InChI=1S/C21H22N4O2/c1-4-25-15(2)23-18-14-17(11-12-19(18)25)21(26)24-22-13-7-9-16-8-5-6-10-20(16)27-3/h5-14H,4H2,1-3H3,(H,24,26)/b9-7+,22-13-. The first-order chi connectivity index (χ1) is 13.1. The van der Waals surface area contributed by atoms with Crippen LogP contribution in [0, 0.1) is 6.92 Å². The topological polar surface area (TPSA) is 68.5 Å². The predicted octanol–water partition coefficient (Wildman–Crippen LogP) is 3.80. The number of nitrogens with zero attached hydrogens (tertiary/aromatic N) is 3. The van der Waals surface area contributed by atoms with E-state index in [1.54, 1.807) is 25.3 Å². The van der Waals surface area contributed by atoms with Crippen molar-refractivity contribution in [3.8, 4) is 5.75 Å². The quantitative estimate of drug-likeness (QED) is 0.536. The van der Waals surface area contributed by atoms with E-state index in [0.29, 0.717) is 5.56 Å². The molecule has 0 radical (unpaired) electrons. The Labute approximate surface area is 158 Å². The Bertz CT molecular complexity index is 1020. The van der Waals surface area contributed by atoms with Crippen molar-refractivity contribution in [3.05, 3.63) is 65.5 Å². The second-order valence-corrected chi connectivity index (χ2v) is 5.93. The molecule has 0 spiro atoms. The molecule has 0 aliphatic heterocycles. The van der Waals surface area contributed by atoms with Crippen LogP contribution in [0.3, 0.4) is 0 Å². The van der Waals surface area contributed by atoms with Gasteiger partial charge in [0.05, 0.1) is 18.1 Å². The number of fused-ring (bicyclic) bond motifs is 1. The van der Waals surface area contributed by atoms with E-state index < -0.39 is 0 Å². The van der Waals surface area contributed by atoms with Crippen LogP contribution in [0.2, 0.25) is 0 Å². The number of aryl methyl sites for hydroxylation is 2. The van der Waals surface area contributed by atoms with Gasteiger partial charge in [-0.25, -0.2) is 10.4 Å². The number of para-hydroxylation sites is 1. The molecule has 6 heteroatoms. The molecule has 3 aromatic rings. The van der Waals surface area contributed by atoms with Crippen molar-refractivity contribution in [2.24, 2.45) is 5.10 Å². The van der Waals surface area contributed by atoms with Gasteiger partial charge in [0.1, 0.15) is 11.6 Å². The second-order valence-electron chi connectivity index (χ2n) is 5.93. The highest BCUT2D eigenvalue weighted by molar-refractivity contribution is 5.97. The van der Waals surface area contributed by atoms with Gasteiger partial charge in [0.15, 0.2) is 0 Å². The first kappa shape index (κ1) is 18.4. The van der Waals surface area contributed by atoms with E-state index >= 15 is 0 Å². The van der Waals surface area contributed by atoms with Crippen LogP contribution in [0.15, 0.2) is 53.6 Å². The van der Waals surface area contributed by atoms with Gasteiger partial charge in [-0.05, 0) is 50.3 Å². The summed E-state index contributed by atoms with van der Waals surface area (Å²) in [5, 5.41) is 3.96. The van der Waals surface area contributed by atoms with Crippen molar-refractivity contribution in [2.45, 2.75) is 20.4 Å². The molecule has 0 unspecified atom stereocenters. The molecule has 1 amide bonds. The number of hydrogen-bond acceptors (Lipinski definition) is 4. The van der Waals surface area contributed by atoms with Crippen LogP contribution in [0.5, 0.6) is 5.75 Å². The predicted molar refractivity (Wildman–Crippen MR) is 108 cm³/mol. The van der Waals surface area contributed by atoms with Gasteiger partial charge in [0, 0.05) is 23.9 Å². The number of carbonyl (C=O) groups is 1. The Hall–Kier alpha value is -3.41. The SMILES string of the molecule is CCn1c(C)nc2cc(C(=O)N/N=C\C=C\c3ccccc3OC)ccc21. The molecule has 138 valence electrons. The fourth-order valence-corrected chi connectivity index (χ4v) is 2.94. The van der Waals surface area contributed by atoms with Crippen LogP contribution in [-0.4, -0.2) is 28.8 Å². The van der Waals surface area contributed by atoms with Gasteiger partial charge in [-0.15, -0.1) is 0 Å². The summed E-state index contributed by atoms with van der Waals surface area (Å²) in [5.74, 6) is 1.44. The average molecular weight is 362 g/mol. The van der Waals surface area contributed by atoms with Crippen molar-refractivity contribution >= 4 is 29.2 Å². The highest BCUT2D eigenvalue weighted by atomic mass is 16.5. The number of imidazole rings is 1. The van der Waals surface area contributed by atoms with Crippen molar-refractivity contribution < 1.29 is 9.53 Å².